The second-order valence-electron chi connectivity index (χ2n) is 20.3. The van der Waals surface area contributed by atoms with E-state index in [-0.39, 0.29) is 0 Å². The monoisotopic (exact) mass is 1190 g/mol. The maximum Gasteiger partial charge on any atom is 0.303 e. The van der Waals surface area contributed by atoms with Gasteiger partial charge >= 0.3 is 5.97 Å². The van der Waals surface area contributed by atoms with Crippen molar-refractivity contribution < 1.29 is 183 Å². The average molecular weight is 1200 g/mol. The molecule has 7 rings (SSSR count). The van der Waals surface area contributed by atoms with Crippen molar-refractivity contribution in [2.75, 3.05) is 46.2 Å². The molecule has 7 fully saturated rings. The van der Waals surface area contributed by atoms with Crippen LogP contribution in [0.25, 0.3) is 0 Å². The van der Waals surface area contributed by atoms with Gasteiger partial charge in [0.15, 0.2) is 50.1 Å². The summed E-state index contributed by atoms with van der Waals surface area (Å²) in [6, 6.07) is 0. The van der Waals surface area contributed by atoms with Crippen LogP contribution in [0.15, 0.2) is 0 Å². The Kier molecular flexibility index (Phi) is 23.6. The molecule has 0 spiro atoms. The molecule has 7 saturated heterocycles. The van der Waals surface area contributed by atoms with Gasteiger partial charge in [-0.05, 0) is 0 Å². The van der Waals surface area contributed by atoms with E-state index >= 15 is 0 Å². The molecule has 7 aliphatic heterocycles. The first-order chi connectivity index (χ1) is 38.2. The summed E-state index contributed by atoms with van der Waals surface area (Å²) in [6.07, 6.45) is -67.9. The zero-order chi connectivity index (χ0) is 59.6. The molecule has 0 unspecified atom stereocenters. The molecule has 0 aliphatic carbocycles. The molecule has 37 nitrogen and oxygen atoms in total. The minimum Gasteiger partial charge on any atom is -0.454 e. The van der Waals surface area contributed by atoms with E-state index in [1.807, 2.05) is 0 Å². The Balaban J connectivity index is 1.07. The van der Waals surface area contributed by atoms with Gasteiger partial charge in [-0.2, -0.15) is 0 Å². The molecule has 472 valence electrons. The summed E-state index contributed by atoms with van der Waals surface area (Å²) in [7, 11) is 0. The summed E-state index contributed by atoms with van der Waals surface area (Å²) in [5, 5.41) is 233. The van der Waals surface area contributed by atoms with Crippen molar-refractivity contribution in [1.82, 2.24) is 0 Å². The van der Waals surface area contributed by atoms with E-state index in [1.165, 1.54) is 0 Å². The molecular formula is C44H74O37. The molecule has 7 aliphatic rings. The standard InChI is InChI=1S/C44H74O37/c1-9(48)72-37-34(66)36(15(73-38(37)67)7-70-40-29(61)23(55)18(50)11(3-46)75-40)81-44-32(64)26(58)21(53)14(78-44)6-69-42-33(65)27(59)35(16(79-42)8-71-41-30(62)24(56)19(51)12(4-47)76-41)80-43-31(63)25(57)20(52)13(77-43)5-68-39-28(60)22(54)17(49)10(2-45)74-39/h10-47,49-67H,2-8H2,1H3/t10-,11-,12-,13-,14-,15-,16-,17+,18+,19+,20-,21-,22+,23+,24+,25+,26+,27-,28-,29-,30-,31-,32-,33-,34+,35-,36-,37+,38-,39+,40+,41+,42-,43+,44+/m1/s1. The molecule has 81 heavy (non-hydrogen) atoms. The van der Waals surface area contributed by atoms with E-state index < -0.39 is 267 Å². The normalized spacial score (nSPS) is 51.9. The Hall–Kier alpha value is -1.93. The molecule has 0 aromatic rings. The highest BCUT2D eigenvalue weighted by atomic mass is 16.8. The second-order valence-corrected chi connectivity index (χ2v) is 20.3. The van der Waals surface area contributed by atoms with Gasteiger partial charge in [-0.15, -0.1) is 0 Å². The van der Waals surface area contributed by atoms with E-state index in [0.717, 1.165) is 6.92 Å². The fourth-order valence-corrected chi connectivity index (χ4v) is 9.89. The van der Waals surface area contributed by atoms with Crippen molar-refractivity contribution in [3.63, 3.8) is 0 Å². The summed E-state index contributed by atoms with van der Waals surface area (Å²) in [6.45, 7) is -5.29. The highest BCUT2D eigenvalue weighted by molar-refractivity contribution is 5.66. The topological polar surface area (TPSA) is 591 Å². The number of aliphatic hydroxyl groups is 22. The molecular weight excluding hydrogens is 1120 g/mol. The lowest BCUT2D eigenvalue weighted by Crippen LogP contribution is -2.66. The first-order valence-electron chi connectivity index (χ1n) is 25.5. The first-order valence-corrected chi connectivity index (χ1v) is 25.5. The van der Waals surface area contributed by atoms with E-state index in [9.17, 15) is 117 Å². The van der Waals surface area contributed by atoms with Crippen LogP contribution in [0.2, 0.25) is 0 Å². The van der Waals surface area contributed by atoms with Crippen LogP contribution in [0.1, 0.15) is 6.92 Å². The summed E-state index contributed by atoms with van der Waals surface area (Å²) in [5.74, 6) is -1.04. The number of hydrogen-bond acceptors (Lipinski definition) is 37. The molecule has 37 heteroatoms. The first kappa shape index (κ1) is 66.6. The fourth-order valence-electron chi connectivity index (χ4n) is 9.89. The highest BCUT2D eigenvalue weighted by Gasteiger charge is 2.56. The third-order valence-electron chi connectivity index (χ3n) is 14.7. The van der Waals surface area contributed by atoms with Gasteiger partial charge in [-0.3, -0.25) is 4.79 Å². The summed E-state index contributed by atoms with van der Waals surface area (Å²) >= 11 is 0. The van der Waals surface area contributed by atoms with Gasteiger partial charge < -0.3 is 179 Å². The Morgan fingerprint density at radius 1 is 0.296 bits per heavy atom. The van der Waals surface area contributed by atoms with E-state index in [1.54, 1.807) is 0 Å². The lowest BCUT2D eigenvalue weighted by molar-refractivity contribution is -0.379. The quantitative estimate of drug-likeness (QED) is 0.0503. The number of hydrogen-bond donors (Lipinski definition) is 22. The smallest absolute Gasteiger partial charge is 0.303 e. The van der Waals surface area contributed by atoms with Gasteiger partial charge in [-0.25, -0.2) is 0 Å². The third kappa shape index (κ3) is 14.6. The van der Waals surface area contributed by atoms with Gasteiger partial charge in [0.2, 0.25) is 0 Å². The van der Waals surface area contributed by atoms with Crippen molar-refractivity contribution >= 4 is 5.97 Å². The molecule has 0 radical (unpaired) electrons. The van der Waals surface area contributed by atoms with Crippen LogP contribution in [0.5, 0.6) is 0 Å². The predicted molar refractivity (Wildman–Crippen MR) is 241 cm³/mol. The summed E-state index contributed by atoms with van der Waals surface area (Å²) in [4.78, 5) is 12.0. The van der Waals surface area contributed by atoms with Gasteiger partial charge in [0, 0.05) is 6.92 Å². The van der Waals surface area contributed by atoms with Gasteiger partial charge in [-0.1, -0.05) is 0 Å². The van der Waals surface area contributed by atoms with Crippen molar-refractivity contribution in [2.45, 2.75) is 222 Å². The minimum absolute atomic E-state index is 0.834. The third-order valence-corrected chi connectivity index (χ3v) is 14.7. The van der Waals surface area contributed by atoms with E-state index in [2.05, 4.69) is 0 Å². The largest absolute Gasteiger partial charge is 0.454 e. The maximum atomic E-state index is 12.0. The number of rotatable bonds is 20. The average Bonchev–Trinajstić information content (AvgIpc) is 3.65. The molecule has 0 aromatic carbocycles. The SMILES string of the molecule is CC(=O)O[C@H]1[C@@H](O)[C@H](O[C@@H]2O[C@H](CO[C@@H]3O[C@H](CO[C@H]4O[C@H](CO)[C@H](O)[C@H](O)[C@H]4O)[C@@H](O[C@@H]4O[C@H](CO[C@H]5O[C@H](CO)[C@H](O)[C@H](O)[C@H]5O)[C@@H](O)[C@H](O)[C@H]4O)[C@H](O)[C@H]3O)[C@@H](O)[C@H](O)[C@H]2O)[C@@H](CO[C@H]2O[C@H](CO)[C@H](O)[C@H](O)[C@H]2O)O[C@H]1O. The molecule has 0 bridgehead atoms. The van der Waals surface area contributed by atoms with E-state index in [0.29, 0.717) is 0 Å². The van der Waals surface area contributed by atoms with Crippen molar-refractivity contribution in [3.05, 3.63) is 0 Å². The second kappa shape index (κ2) is 28.7. The van der Waals surface area contributed by atoms with E-state index in [4.69, 9.17) is 66.3 Å². The zero-order valence-electron chi connectivity index (χ0n) is 42.6. The molecule has 0 amide bonds. The molecule has 22 N–H and O–H groups in total. The number of carbonyl (C=O) groups excluding carboxylic acids is 1. The Labute approximate surface area is 457 Å². The molecule has 7 heterocycles. The maximum absolute atomic E-state index is 12.0. The highest BCUT2D eigenvalue weighted by Crippen LogP contribution is 2.35. The fraction of sp³-hybridized carbons (Fsp3) is 0.977. The van der Waals surface area contributed by atoms with Crippen LogP contribution in [-0.4, -0.2) is 380 Å². The lowest BCUT2D eigenvalue weighted by atomic mass is 9.96. The van der Waals surface area contributed by atoms with Gasteiger partial charge in [0.25, 0.3) is 0 Å². The number of aliphatic hydroxyl groups excluding tert-OH is 22. The van der Waals surface area contributed by atoms with Crippen molar-refractivity contribution in [2.24, 2.45) is 0 Å². The van der Waals surface area contributed by atoms with Crippen LogP contribution >= 0.6 is 0 Å². The lowest BCUT2D eigenvalue weighted by Gasteiger charge is -2.48. The predicted octanol–water partition coefficient (Wildman–Crippen LogP) is -15.7. The Morgan fingerprint density at radius 3 is 0.889 bits per heavy atom. The van der Waals surface area contributed by atoms with Crippen LogP contribution < -0.4 is 0 Å². The van der Waals surface area contributed by atoms with Crippen molar-refractivity contribution in [3.8, 4) is 0 Å². The van der Waals surface area contributed by atoms with Crippen LogP contribution in [0.3, 0.4) is 0 Å². The van der Waals surface area contributed by atoms with Crippen molar-refractivity contribution in [1.29, 1.82) is 0 Å². The number of esters is 1. The number of ether oxygens (including phenoxy) is 14. The van der Waals surface area contributed by atoms with Gasteiger partial charge in [0.1, 0.15) is 165 Å². The summed E-state index contributed by atoms with van der Waals surface area (Å²) < 4.78 is 77.8. The molecule has 0 aromatic heterocycles. The molecule has 0 saturated carbocycles. The Morgan fingerprint density at radius 2 is 0.556 bits per heavy atom. The Bertz CT molecular complexity index is 1930. The van der Waals surface area contributed by atoms with Gasteiger partial charge in [0.05, 0.1) is 46.2 Å². The van der Waals surface area contributed by atoms with Crippen LogP contribution in [-0.2, 0) is 71.1 Å². The zero-order valence-corrected chi connectivity index (χ0v) is 42.6. The number of carbonyl (C=O) groups is 1. The van der Waals surface area contributed by atoms with Crippen LogP contribution in [0, 0.1) is 0 Å². The minimum atomic E-state index is -2.26. The van der Waals surface area contributed by atoms with Crippen LogP contribution in [0.4, 0.5) is 0 Å². The summed E-state index contributed by atoms with van der Waals surface area (Å²) in [5.41, 5.74) is 0. The molecule has 35 atom stereocenters.